The highest BCUT2D eigenvalue weighted by atomic mass is 16.6. The van der Waals surface area contributed by atoms with E-state index in [1.807, 2.05) is 30.3 Å². The fourth-order valence-electron chi connectivity index (χ4n) is 2.09. The standard InChI is InChI=1S/C14H16O4/c1-17-12-9-11(18-14(16)13(12)15)8-7-10-5-3-2-4-6-10/h2-6,11-12H,7-9H2,1H3. The van der Waals surface area contributed by atoms with Crippen LogP contribution in [0.3, 0.4) is 0 Å². The number of carbonyl (C=O) groups is 2. The second-order valence-electron chi connectivity index (χ2n) is 4.38. The van der Waals surface area contributed by atoms with Gasteiger partial charge in [0.25, 0.3) is 5.78 Å². The predicted molar refractivity (Wildman–Crippen MR) is 65.1 cm³/mol. The molecule has 1 aromatic rings. The first-order valence-corrected chi connectivity index (χ1v) is 6.02. The smallest absolute Gasteiger partial charge is 0.377 e. The van der Waals surface area contributed by atoms with Crippen LogP contribution in [0.4, 0.5) is 0 Å². The molecule has 1 aliphatic rings. The van der Waals surface area contributed by atoms with Gasteiger partial charge in [0.15, 0.2) is 0 Å². The highest BCUT2D eigenvalue weighted by Crippen LogP contribution is 2.19. The van der Waals surface area contributed by atoms with E-state index >= 15 is 0 Å². The second-order valence-corrected chi connectivity index (χ2v) is 4.38. The van der Waals surface area contributed by atoms with Crippen LogP contribution in [0, 0.1) is 0 Å². The van der Waals surface area contributed by atoms with E-state index in [2.05, 4.69) is 0 Å². The van der Waals surface area contributed by atoms with Crippen molar-refractivity contribution < 1.29 is 19.1 Å². The van der Waals surface area contributed by atoms with Crippen LogP contribution in [0.2, 0.25) is 0 Å². The number of ketones is 1. The molecule has 2 atom stereocenters. The fourth-order valence-corrected chi connectivity index (χ4v) is 2.09. The third-order valence-corrected chi connectivity index (χ3v) is 3.13. The molecule has 96 valence electrons. The molecule has 1 heterocycles. The van der Waals surface area contributed by atoms with Gasteiger partial charge in [-0.05, 0) is 18.4 Å². The summed E-state index contributed by atoms with van der Waals surface area (Å²) in [4.78, 5) is 22.7. The minimum Gasteiger partial charge on any atom is -0.456 e. The summed E-state index contributed by atoms with van der Waals surface area (Å²) < 4.78 is 10.1. The molecule has 18 heavy (non-hydrogen) atoms. The Morgan fingerprint density at radius 1 is 1.28 bits per heavy atom. The molecule has 0 spiro atoms. The highest BCUT2D eigenvalue weighted by Gasteiger charge is 2.36. The summed E-state index contributed by atoms with van der Waals surface area (Å²) in [7, 11) is 1.44. The van der Waals surface area contributed by atoms with Crippen LogP contribution >= 0.6 is 0 Å². The molecule has 1 saturated heterocycles. The molecule has 4 heteroatoms. The van der Waals surface area contributed by atoms with Gasteiger partial charge in [-0.15, -0.1) is 0 Å². The lowest BCUT2D eigenvalue weighted by Crippen LogP contribution is -2.42. The number of benzene rings is 1. The Bertz CT molecular complexity index is 427. The predicted octanol–water partition coefficient (Wildman–Crippen LogP) is 1.52. The number of Topliss-reactive ketones (excluding diaryl/α,β-unsaturated/α-hetero) is 1. The zero-order chi connectivity index (χ0) is 13.0. The highest BCUT2D eigenvalue weighted by molar-refractivity contribution is 6.35. The molecule has 0 aliphatic carbocycles. The number of hydrogen-bond acceptors (Lipinski definition) is 4. The summed E-state index contributed by atoms with van der Waals surface area (Å²) in [6.45, 7) is 0. The van der Waals surface area contributed by atoms with Crippen LogP contribution in [0.15, 0.2) is 30.3 Å². The molecule has 4 nitrogen and oxygen atoms in total. The Labute approximate surface area is 106 Å². The van der Waals surface area contributed by atoms with Crippen LogP contribution in [-0.4, -0.2) is 31.1 Å². The van der Waals surface area contributed by atoms with Gasteiger partial charge in [-0.25, -0.2) is 4.79 Å². The third kappa shape index (κ3) is 2.96. The molecule has 0 bridgehead atoms. The van der Waals surface area contributed by atoms with Gasteiger partial charge in [0.05, 0.1) is 0 Å². The maximum atomic E-state index is 11.4. The SMILES string of the molecule is COC1CC(CCc2ccccc2)OC(=O)C1=O. The van der Waals surface area contributed by atoms with Crippen LogP contribution in [0.25, 0.3) is 0 Å². The Hall–Kier alpha value is -1.68. The molecule has 1 aliphatic heterocycles. The molecule has 0 amide bonds. The number of hydrogen-bond donors (Lipinski definition) is 0. The maximum Gasteiger partial charge on any atom is 0.377 e. The summed E-state index contributed by atoms with van der Waals surface area (Å²) in [5.41, 5.74) is 1.19. The number of rotatable bonds is 4. The van der Waals surface area contributed by atoms with E-state index in [0.29, 0.717) is 12.8 Å². The van der Waals surface area contributed by atoms with E-state index in [4.69, 9.17) is 9.47 Å². The first kappa shape index (κ1) is 12.8. The minimum atomic E-state index is -0.772. The Balaban J connectivity index is 1.90. The molecule has 2 rings (SSSR count). The molecule has 1 fully saturated rings. The quantitative estimate of drug-likeness (QED) is 0.599. The summed E-state index contributed by atoms with van der Waals surface area (Å²) in [5, 5.41) is 0. The van der Waals surface area contributed by atoms with E-state index in [9.17, 15) is 9.59 Å². The van der Waals surface area contributed by atoms with Crippen molar-refractivity contribution in [2.45, 2.75) is 31.5 Å². The second kappa shape index (κ2) is 5.78. The number of aryl methyl sites for hydroxylation is 1. The number of ether oxygens (including phenoxy) is 2. The largest absolute Gasteiger partial charge is 0.456 e. The van der Waals surface area contributed by atoms with Gasteiger partial charge in [0.2, 0.25) is 0 Å². The lowest BCUT2D eigenvalue weighted by atomic mass is 9.98. The van der Waals surface area contributed by atoms with Crippen molar-refractivity contribution in [2.24, 2.45) is 0 Å². The summed E-state index contributed by atoms with van der Waals surface area (Å²) in [6.07, 6.45) is 1.10. The summed E-state index contributed by atoms with van der Waals surface area (Å²) in [5.74, 6) is -1.35. The first-order chi connectivity index (χ1) is 8.70. The number of cyclic esters (lactones) is 1. The van der Waals surface area contributed by atoms with Crippen molar-refractivity contribution in [1.29, 1.82) is 0 Å². The van der Waals surface area contributed by atoms with Crippen LogP contribution < -0.4 is 0 Å². The molecule has 1 aromatic carbocycles. The van der Waals surface area contributed by atoms with E-state index in [-0.39, 0.29) is 6.10 Å². The topological polar surface area (TPSA) is 52.6 Å². The van der Waals surface area contributed by atoms with Crippen molar-refractivity contribution in [3.8, 4) is 0 Å². The van der Waals surface area contributed by atoms with Crippen molar-refractivity contribution in [3.63, 3.8) is 0 Å². The normalized spacial score (nSPS) is 23.8. The fraction of sp³-hybridized carbons (Fsp3) is 0.429. The van der Waals surface area contributed by atoms with Gasteiger partial charge >= 0.3 is 5.97 Å². The average Bonchev–Trinajstić information content (AvgIpc) is 2.41. The summed E-state index contributed by atoms with van der Waals surface area (Å²) >= 11 is 0. The van der Waals surface area contributed by atoms with Gasteiger partial charge in [0.1, 0.15) is 12.2 Å². The van der Waals surface area contributed by atoms with E-state index in [1.54, 1.807) is 0 Å². The lowest BCUT2D eigenvalue weighted by molar-refractivity contribution is -0.171. The van der Waals surface area contributed by atoms with Crippen molar-refractivity contribution in [3.05, 3.63) is 35.9 Å². The third-order valence-electron chi connectivity index (χ3n) is 3.13. The number of methoxy groups -OCH3 is 1. The van der Waals surface area contributed by atoms with Gasteiger partial charge in [-0.2, -0.15) is 0 Å². The molecule has 0 N–H and O–H groups in total. The number of carbonyl (C=O) groups excluding carboxylic acids is 2. The lowest BCUT2D eigenvalue weighted by Gasteiger charge is -2.26. The molecule has 0 aromatic heterocycles. The van der Waals surface area contributed by atoms with Crippen molar-refractivity contribution in [2.75, 3.05) is 7.11 Å². The van der Waals surface area contributed by atoms with Crippen LogP contribution in [0.1, 0.15) is 18.4 Å². The maximum absolute atomic E-state index is 11.4. The zero-order valence-electron chi connectivity index (χ0n) is 10.3. The molecular weight excluding hydrogens is 232 g/mol. The van der Waals surface area contributed by atoms with Gasteiger partial charge < -0.3 is 9.47 Å². The van der Waals surface area contributed by atoms with Crippen LogP contribution in [-0.2, 0) is 25.5 Å². The zero-order valence-corrected chi connectivity index (χ0v) is 10.3. The number of esters is 1. The van der Waals surface area contributed by atoms with Gasteiger partial charge in [-0.3, -0.25) is 4.79 Å². The molecule has 0 saturated carbocycles. The molecular formula is C14H16O4. The van der Waals surface area contributed by atoms with E-state index in [1.165, 1.54) is 12.7 Å². The van der Waals surface area contributed by atoms with Crippen molar-refractivity contribution in [1.82, 2.24) is 0 Å². The monoisotopic (exact) mass is 248 g/mol. The minimum absolute atomic E-state index is 0.236. The Morgan fingerprint density at radius 2 is 2.00 bits per heavy atom. The van der Waals surface area contributed by atoms with Gasteiger partial charge in [-0.1, -0.05) is 30.3 Å². The Kier molecular flexibility index (Phi) is 4.10. The Morgan fingerprint density at radius 3 is 2.67 bits per heavy atom. The molecule has 2 unspecified atom stereocenters. The first-order valence-electron chi connectivity index (χ1n) is 6.02. The molecule has 0 radical (unpaired) electrons. The average molecular weight is 248 g/mol. The van der Waals surface area contributed by atoms with Gasteiger partial charge in [0, 0.05) is 13.5 Å². The van der Waals surface area contributed by atoms with E-state index < -0.39 is 17.9 Å². The van der Waals surface area contributed by atoms with Crippen LogP contribution in [0.5, 0.6) is 0 Å². The summed E-state index contributed by atoms with van der Waals surface area (Å²) in [6, 6.07) is 9.98. The van der Waals surface area contributed by atoms with E-state index in [0.717, 1.165) is 6.42 Å². The van der Waals surface area contributed by atoms with Crippen molar-refractivity contribution >= 4 is 11.8 Å².